The Hall–Kier alpha value is -0.580. The molecule has 0 amide bonds. The summed E-state index contributed by atoms with van der Waals surface area (Å²) in [6.07, 6.45) is -0.941. The molecule has 0 aliphatic carbocycles. The number of benzene rings is 1. The van der Waals surface area contributed by atoms with Crippen molar-refractivity contribution < 1.29 is 14.6 Å². The molecule has 1 aromatic carbocycles. The summed E-state index contributed by atoms with van der Waals surface area (Å²) in [5.74, 6) is -1.01. The summed E-state index contributed by atoms with van der Waals surface area (Å²) in [7, 11) is 0. The molecule has 0 aliphatic rings. The number of hydrogen-bond acceptors (Lipinski definition) is 2. The Morgan fingerprint density at radius 3 is 2.80 bits per heavy atom. The largest absolute Gasteiger partial charge is 0.479 e. The Kier molecular flexibility index (Phi) is 4.57. The summed E-state index contributed by atoms with van der Waals surface area (Å²) in [5.41, 5.74) is 0.570. The van der Waals surface area contributed by atoms with E-state index in [0.29, 0.717) is 21.7 Å². The minimum absolute atomic E-state index is 0.344. The van der Waals surface area contributed by atoms with Gasteiger partial charge in [0.25, 0.3) is 0 Å². The standard InChI is InChI=1S/C10H10BrClO3/c1-2-15-9(10(13)14)6-3-4-8(12)7(11)5-6/h3-5,9H,2H2,1H3,(H,13,14). The Bertz CT molecular complexity index is 368. The van der Waals surface area contributed by atoms with E-state index < -0.39 is 12.1 Å². The maximum Gasteiger partial charge on any atom is 0.337 e. The van der Waals surface area contributed by atoms with Crippen LogP contribution in [-0.2, 0) is 9.53 Å². The van der Waals surface area contributed by atoms with E-state index in [1.807, 2.05) is 0 Å². The molecule has 82 valence electrons. The van der Waals surface area contributed by atoms with Gasteiger partial charge in [0.2, 0.25) is 0 Å². The first-order valence-electron chi connectivity index (χ1n) is 4.35. The van der Waals surface area contributed by atoms with E-state index in [1.165, 1.54) is 0 Å². The van der Waals surface area contributed by atoms with Gasteiger partial charge in [-0.3, -0.25) is 0 Å². The van der Waals surface area contributed by atoms with Crippen molar-refractivity contribution in [2.75, 3.05) is 6.61 Å². The SMILES string of the molecule is CCOC(C(=O)O)c1ccc(Cl)c(Br)c1. The Morgan fingerprint density at radius 2 is 2.33 bits per heavy atom. The quantitative estimate of drug-likeness (QED) is 0.927. The summed E-state index contributed by atoms with van der Waals surface area (Å²) >= 11 is 9.04. The first-order chi connectivity index (χ1) is 7.06. The van der Waals surface area contributed by atoms with Gasteiger partial charge in [-0.15, -0.1) is 0 Å². The van der Waals surface area contributed by atoms with Gasteiger partial charge in [0, 0.05) is 11.1 Å². The average Bonchev–Trinajstić information content (AvgIpc) is 2.18. The van der Waals surface area contributed by atoms with E-state index in [2.05, 4.69) is 15.9 Å². The third-order valence-corrected chi connectivity index (χ3v) is 3.02. The van der Waals surface area contributed by atoms with Crippen LogP contribution in [0.4, 0.5) is 0 Å². The molecular formula is C10H10BrClO3. The highest BCUT2D eigenvalue weighted by Gasteiger charge is 2.20. The zero-order valence-corrected chi connectivity index (χ0v) is 10.4. The number of carbonyl (C=O) groups is 1. The van der Waals surface area contributed by atoms with Gasteiger partial charge < -0.3 is 9.84 Å². The normalized spacial score (nSPS) is 12.5. The number of aliphatic carboxylic acids is 1. The summed E-state index contributed by atoms with van der Waals surface area (Å²) in [6, 6.07) is 4.92. The van der Waals surface area contributed by atoms with Gasteiger partial charge in [-0.25, -0.2) is 4.79 Å². The molecule has 1 rings (SSSR count). The molecule has 1 aromatic rings. The lowest BCUT2D eigenvalue weighted by atomic mass is 10.1. The zero-order chi connectivity index (χ0) is 11.4. The summed E-state index contributed by atoms with van der Waals surface area (Å²) < 4.78 is 5.78. The highest BCUT2D eigenvalue weighted by molar-refractivity contribution is 9.10. The summed E-state index contributed by atoms with van der Waals surface area (Å²) in [5, 5.41) is 9.49. The van der Waals surface area contributed by atoms with Crippen molar-refractivity contribution in [3.8, 4) is 0 Å². The Morgan fingerprint density at radius 1 is 1.67 bits per heavy atom. The van der Waals surface area contributed by atoms with Crippen molar-refractivity contribution in [2.45, 2.75) is 13.0 Å². The Balaban J connectivity index is 3.01. The van der Waals surface area contributed by atoms with E-state index in [0.717, 1.165) is 0 Å². The predicted octanol–water partition coefficient (Wildman–Crippen LogP) is 3.26. The van der Waals surface area contributed by atoms with Crippen molar-refractivity contribution in [2.24, 2.45) is 0 Å². The number of carboxylic acid groups (broad SMARTS) is 1. The van der Waals surface area contributed by atoms with Crippen LogP contribution in [-0.4, -0.2) is 17.7 Å². The number of carboxylic acids is 1. The molecule has 0 bridgehead atoms. The molecule has 1 N–H and O–H groups in total. The topological polar surface area (TPSA) is 46.5 Å². The van der Waals surface area contributed by atoms with Crippen LogP contribution >= 0.6 is 27.5 Å². The van der Waals surface area contributed by atoms with Crippen LogP contribution in [0.2, 0.25) is 5.02 Å². The van der Waals surface area contributed by atoms with Gasteiger partial charge in [0.1, 0.15) is 0 Å². The molecule has 1 atom stereocenters. The number of rotatable bonds is 4. The van der Waals surface area contributed by atoms with Crippen LogP contribution in [0.25, 0.3) is 0 Å². The van der Waals surface area contributed by atoms with Crippen molar-refractivity contribution >= 4 is 33.5 Å². The van der Waals surface area contributed by atoms with Crippen LogP contribution in [0.15, 0.2) is 22.7 Å². The molecule has 15 heavy (non-hydrogen) atoms. The monoisotopic (exact) mass is 292 g/mol. The second kappa shape index (κ2) is 5.49. The van der Waals surface area contributed by atoms with Gasteiger partial charge in [-0.1, -0.05) is 17.7 Å². The molecular weight excluding hydrogens is 283 g/mol. The molecule has 0 spiro atoms. The number of halogens is 2. The lowest BCUT2D eigenvalue weighted by molar-refractivity contribution is -0.150. The van der Waals surface area contributed by atoms with E-state index in [9.17, 15) is 4.79 Å². The van der Waals surface area contributed by atoms with Crippen molar-refractivity contribution in [1.82, 2.24) is 0 Å². The van der Waals surface area contributed by atoms with Crippen LogP contribution in [0.3, 0.4) is 0 Å². The molecule has 0 radical (unpaired) electrons. The first kappa shape index (κ1) is 12.5. The summed E-state index contributed by atoms with van der Waals surface area (Å²) in [6.45, 7) is 2.10. The number of ether oxygens (including phenoxy) is 1. The van der Waals surface area contributed by atoms with E-state index in [-0.39, 0.29) is 0 Å². The Labute approximate surface area is 101 Å². The fourth-order valence-electron chi connectivity index (χ4n) is 1.15. The third kappa shape index (κ3) is 3.19. The van der Waals surface area contributed by atoms with Crippen LogP contribution < -0.4 is 0 Å². The average molecular weight is 294 g/mol. The van der Waals surface area contributed by atoms with E-state index >= 15 is 0 Å². The lowest BCUT2D eigenvalue weighted by Crippen LogP contribution is -2.15. The van der Waals surface area contributed by atoms with E-state index in [4.69, 9.17) is 21.4 Å². The molecule has 5 heteroatoms. The van der Waals surface area contributed by atoms with Gasteiger partial charge in [0.15, 0.2) is 6.10 Å². The maximum absolute atomic E-state index is 10.9. The van der Waals surface area contributed by atoms with Gasteiger partial charge >= 0.3 is 5.97 Å². The fourth-order valence-corrected chi connectivity index (χ4v) is 1.67. The van der Waals surface area contributed by atoms with Crippen LogP contribution in [0, 0.1) is 0 Å². The van der Waals surface area contributed by atoms with Crippen molar-refractivity contribution in [3.05, 3.63) is 33.3 Å². The second-order valence-corrected chi connectivity index (χ2v) is 4.11. The molecule has 1 unspecified atom stereocenters. The minimum atomic E-state index is -1.01. The smallest absolute Gasteiger partial charge is 0.337 e. The highest BCUT2D eigenvalue weighted by atomic mass is 79.9. The molecule has 0 aliphatic heterocycles. The van der Waals surface area contributed by atoms with Gasteiger partial charge in [0.05, 0.1) is 5.02 Å². The molecule has 0 saturated carbocycles. The molecule has 0 saturated heterocycles. The molecule has 0 aromatic heterocycles. The maximum atomic E-state index is 10.9. The third-order valence-electron chi connectivity index (χ3n) is 1.80. The second-order valence-electron chi connectivity index (χ2n) is 2.85. The first-order valence-corrected chi connectivity index (χ1v) is 5.52. The number of hydrogen-bond donors (Lipinski definition) is 1. The zero-order valence-electron chi connectivity index (χ0n) is 8.04. The summed E-state index contributed by atoms with van der Waals surface area (Å²) in [4.78, 5) is 10.9. The van der Waals surface area contributed by atoms with Gasteiger partial charge in [-0.2, -0.15) is 0 Å². The molecule has 0 heterocycles. The minimum Gasteiger partial charge on any atom is -0.479 e. The fraction of sp³-hybridized carbons (Fsp3) is 0.300. The predicted molar refractivity (Wildman–Crippen MR) is 61.2 cm³/mol. The molecule has 3 nitrogen and oxygen atoms in total. The van der Waals surface area contributed by atoms with Gasteiger partial charge in [-0.05, 0) is 40.5 Å². The molecule has 0 fully saturated rings. The van der Waals surface area contributed by atoms with Crippen LogP contribution in [0.5, 0.6) is 0 Å². The van der Waals surface area contributed by atoms with Crippen LogP contribution in [0.1, 0.15) is 18.6 Å². The van der Waals surface area contributed by atoms with E-state index in [1.54, 1.807) is 25.1 Å². The lowest BCUT2D eigenvalue weighted by Gasteiger charge is -2.13. The van der Waals surface area contributed by atoms with Crippen molar-refractivity contribution in [3.63, 3.8) is 0 Å². The van der Waals surface area contributed by atoms with Crippen molar-refractivity contribution in [1.29, 1.82) is 0 Å². The highest BCUT2D eigenvalue weighted by Crippen LogP contribution is 2.27.